The second-order valence-corrected chi connectivity index (χ2v) is 7.27. The molecule has 0 saturated carbocycles. The van der Waals surface area contributed by atoms with Crippen LogP contribution in [0.3, 0.4) is 0 Å². The van der Waals surface area contributed by atoms with Crippen LogP contribution in [0.25, 0.3) is 0 Å². The van der Waals surface area contributed by atoms with Gasteiger partial charge in [-0.2, -0.15) is 5.10 Å². The Bertz CT molecular complexity index is 980. The van der Waals surface area contributed by atoms with Crippen molar-refractivity contribution in [1.29, 1.82) is 0 Å². The lowest BCUT2D eigenvalue weighted by molar-refractivity contribution is 0.0949. The summed E-state index contributed by atoms with van der Waals surface area (Å²) >= 11 is 0. The molecule has 1 aromatic carbocycles. The second kappa shape index (κ2) is 9.54. The summed E-state index contributed by atoms with van der Waals surface area (Å²) in [6, 6.07) is 14.1. The number of rotatable bonds is 7. The number of nitrogens with one attached hydrogen (secondary N) is 1. The molecule has 0 aliphatic carbocycles. The lowest BCUT2D eigenvalue weighted by Gasteiger charge is -2.29. The fourth-order valence-corrected chi connectivity index (χ4v) is 3.76. The van der Waals surface area contributed by atoms with Gasteiger partial charge >= 0.3 is 0 Å². The molecular formula is C23H27N5O2. The monoisotopic (exact) mass is 405 g/mol. The van der Waals surface area contributed by atoms with Gasteiger partial charge in [-0.3, -0.25) is 9.48 Å². The Morgan fingerprint density at radius 3 is 2.70 bits per heavy atom. The fraction of sp³-hybridized carbons (Fsp3) is 0.348. The van der Waals surface area contributed by atoms with Crippen molar-refractivity contribution in [2.75, 3.05) is 31.2 Å². The summed E-state index contributed by atoms with van der Waals surface area (Å²) in [5.74, 6) is 0.805. The van der Waals surface area contributed by atoms with Crippen LogP contribution in [0.2, 0.25) is 0 Å². The Hall–Kier alpha value is -3.19. The average Bonchev–Trinajstić information content (AvgIpc) is 3.21. The highest BCUT2D eigenvalue weighted by Gasteiger charge is 2.19. The molecule has 1 N–H and O–H groups in total. The summed E-state index contributed by atoms with van der Waals surface area (Å²) in [5, 5.41) is 7.53. The highest BCUT2D eigenvalue weighted by atomic mass is 16.5. The van der Waals surface area contributed by atoms with Gasteiger partial charge in [0.2, 0.25) is 0 Å². The quantitative estimate of drug-likeness (QED) is 0.654. The highest BCUT2D eigenvalue weighted by Crippen LogP contribution is 2.19. The summed E-state index contributed by atoms with van der Waals surface area (Å²) in [6.07, 6.45) is 4.20. The van der Waals surface area contributed by atoms with Crippen molar-refractivity contribution in [3.63, 3.8) is 0 Å². The normalized spacial score (nSPS) is 14.0. The Kier molecular flexibility index (Phi) is 6.39. The maximum absolute atomic E-state index is 12.9. The molecule has 3 aromatic rings. The number of carbonyl (C=O) groups is 1. The second-order valence-electron chi connectivity index (χ2n) is 7.27. The molecule has 0 unspecified atom stereocenters. The molecule has 1 amide bonds. The van der Waals surface area contributed by atoms with Crippen LogP contribution in [0, 0.1) is 0 Å². The molecule has 4 rings (SSSR count). The molecule has 30 heavy (non-hydrogen) atoms. The molecule has 7 nitrogen and oxygen atoms in total. The number of hydrogen-bond donors (Lipinski definition) is 1. The predicted molar refractivity (Wildman–Crippen MR) is 116 cm³/mol. The maximum atomic E-state index is 12.9. The van der Waals surface area contributed by atoms with Crippen molar-refractivity contribution in [1.82, 2.24) is 20.1 Å². The Morgan fingerprint density at radius 1 is 1.13 bits per heavy atom. The minimum Gasteiger partial charge on any atom is -0.378 e. The van der Waals surface area contributed by atoms with E-state index in [0.29, 0.717) is 31.9 Å². The molecule has 7 heteroatoms. The van der Waals surface area contributed by atoms with Crippen molar-refractivity contribution in [3.8, 4) is 0 Å². The van der Waals surface area contributed by atoms with E-state index in [4.69, 9.17) is 4.74 Å². The lowest BCUT2D eigenvalue weighted by Crippen LogP contribution is -2.37. The molecule has 1 saturated heterocycles. The largest absolute Gasteiger partial charge is 0.378 e. The number of benzene rings is 1. The third kappa shape index (κ3) is 4.52. The molecule has 3 heterocycles. The third-order valence-corrected chi connectivity index (χ3v) is 5.32. The molecule has 0 spiro atoms. The van der Waals surface area contributed by atoms with Crippen molar-refractivity contribution in [3.05, 3.63) is 77.2 Å². The number of hydrogen-bond acceptors (Lipinski definition) is 5. The van der Waals surface area contributed by atoms with Crippen LogP contribution in [0.4, 0.5) is 5.82 Å². The lowest BCUT2D eigenvalue weighted by atomic mass is 10.1. The van der Waals surface area contributed by atoms with Gasteiger partial charge in [0.25, 0.3) is 5.91 Å². The molecule has 0 radical (unpaired) electrons. The van der Waals surface area contributed by atoms with E-state index in [1.165, 1.54) is 0 Å². The Balaban J connectivity index is 1.46. The Labute approximate surface area is 176 Å². The summed E-state index contributed by atoms with van der Waals surface area (Å²) in [5.41, 5.74) is 3.73. The van der Waals surface area contributed by atoms with Gasteiger partial charge in [0.1, 0.15) is 5.82 Å². The first-order chi connectivity index (χ1) is 14.8. The van der Waals surface area contributed by atoms with Crippen molar-refractivity contribution in [2.45, 2.75) is 26.4 Å². The van der Waals surface area contributed by atoms with Crippen LogP contribution in [0.15, 0.2) is 54.9 Å². The standard InChI is InChI=1S/C23H27N5O2/c1-2-21-20(16-26-28(21)17-18-7-4-3-5-8-18)23(29)25-15-19-9-6-10-24-22(19)27-11-13-30-14-12-27/h3-10,16H,2,11-15,17H2,1H3,(H,25,29). The van der Waals surface area contributed by atoms with E-state index in [-0.39, 0.29) is 5.91 Å². The number of amides is 1. The van der Waals surface area contributed by atoms with Crippen LogP contribution in [0.5, 0.6) is 0 Å². The fourth-order valence-electron chi connectivity index (χ4n) is 3.76. The zero-order valence-electron chi connectivity index (χ0n) is 17.3. The third-order valence-electron chi connectivity index (χ3n) is 5.32. The number of ether oxygens (including phenoxy) is 1. The van der Waals surface area contributed by atoms with Crippen molar-refractivity contribution in [2.24, 2.45) is 0 Å². The smallest absolute Gasteiger partial charge is 0.255 e. The van der Waals surface area contributed by atoms with Gasteiger partial charge in [-0.25, -0.2) is 4.98 Å². The van der Waals surface area contributed by atoms with E-state index in [1.54, 1.807) is 12.4 Å². The van der Waals surface area contributed by atoms with Gasteiger partial charge in [0.15, 0.2) is 0 Å². The first-order valence-corrected chi connectivity index (χ1v) is 10.4. The minimum atomic E-state index is -0.108. The number of aromatic nitrogens is 3. The van der Waals surface area contributed by atoms with E-state index in [1.807, 2.05) is 41.9 Å². The van der Waals surface area contributed by atoms with Crippen molar-refractivity contribution < 1.29 is 9.53 Å². The van der Waals surface area contributed by atoms with Crippen LogP contribution in [-0.4, -0.2) is 47.0 Å². The van der Waals surface area contributed by atoms with Crippen LogP contribution in [-0.2, 0) is 24.2 Å². The zero-order chi connectivity index (χ0) is 20.8. The van der Waals surface area contributed by atoms with Gasteiger partial charge in [-0.05, 0) is 18.1 Å². The Morgan fingerprint density at radius 2 is 1.93 bits per heavy atom. The van der Waals surface area contributed by atoms with Gasteiger partial charge in [-0.1, -0.05) is 43.3 Å². The first kappa shape index (κ1) is 20.1. The van der Waals surface area contributed by atoms with E-state index < -0.39 is 0 Å². The van der Waals surface area contributed by atoms with Gasteiger partial charge in [-0.15, -0.1) is 0 Å². The van der Waals surface area contributed by atoms with Crippen LogP contribution >= 0.6 is 0 Å². The van der Waals surface area contributed by atoms with E-state index in [2.05, 4.69) is 32.4 Å². The molecule has 0 bridgehead atoms. The number of carbonyl (C=O) groups excluding carboxylic acids is 1. The summed E-state index contributed by atoms with van der Waals surface area (Å²) in [7, 11) is 0. The minimum absolute atomic E-state index is 0.108. The predicted octanol–water partition coefficient (Wildman–Crippen LogP) is 2.66. The molecule has 1 aliphatic rings. The molecule has 1 aliphatic heterocycles. The number of nitrogens with zero attached hydrogens (tertiary/aromatic N) is 4. The molecule has 2 aromatic heterocycles. The molecule has 0 atom stereocenters. The topological polar surface area (TPSA) is 72.3 Å². The maximum Gasteiger partial charge on any atom is 0.255 e. The number of anilines is 1. The van der Waals surface area contributed by atoms with Crippen molar-refractivity contribution >= 4 is 11.7 Å². The molecule has 156 valence electrons. The van der Waals surface area contributed by atoms with E-state index in [0.717, 1.165) is 42.1 Å². The van der Waals surface area contributed by atoms with Gasteiger partial charge in [0, 0.05) is 31.4 Å². The van der Waals surface area contributed by atoms with Crippen LogP contribution in [0.1, 0.15) is 34.1 Å². The molecule has 1 fully saturated rings. The molecular weight excluding hydrogens is 378 g/mol. The summed E-state index contributed by atoms with van der Waals surface area (Å²) in [6.45, 7) is 6.14. The average molecular weight is 406 g/mol. The zero-order valence-corrected chi connectivity index (χ0v) is 17.3. The van der Waals surface area contributed by atoms with Gasteiger partial charge in [0.05, 0.1) is 37.2 Å². The summed E-state index contributed by atoms with van der Waals surface area (Å²) in [4.78, 5) is 19.7. The highest BCUT2D eigenvalue weighted by molar-refractivity contribution is 5.95. The van der Waals surface area contributed by atoms with Gasteiger partial charge < -0.3 is 15.0 Å². The van der Waals surface area contributed by atoms with Crippen LogP contribution < -0.4 is 10.2 Å². The summed E-state index contributed by atoms with van der Waals surface area (Å²) < 4.78 is 7.35. The van der Waals surface area contributed by atoms with E-state index in [9.17, 15) is 4.79 Å². The van der Waals surface area contributed by atoms with E-state index >= 15 is 0 Å². The first-order valence-electron chi connectivity index (χ1n) is 10.4. The number of pyridine rings is 1. The SMILES string of the molecule is CCc1c(C(=O)NCc2cccnc2N2CCOCC2)cnn1Cc1ccccc1. The number of morpholine rings is 1.